The van der Waals surface area contributed by atoms with Gasteiger partial charge in [-0.3, -0.25) is 14.4 Å². The zero-order valence-electron chi connectivity index (χ0n) is 45.9. The van der Waals surface area contributed by atoms with Gasteiger partial charge in [-0.15, -0.1) is 0 Å². The number of ether oxygens (including phenoxy) is 3. The number of carbonyl (C=O) groups excluding carboxylic acids is 3. The number of esters is 3. The number of unbranched alkanes of at least 4 members (excludes halogenated alkanes) is 20. The second-order valence-electron chi connectivity index (χ2n) is 18.8. The molecule has 0 aliphatic carbocycles. The van der Waals surface area contributed by atoms with Gasteiger partial charge in [-0.05, 0) is 122 Å². The monoisotopic (exact) mass is 983 g/mol. The summed E-state index contributed by atoms with van der Waals surface area (Å²) < 4.78 is 16.8. The molecule has 0 saturated carbocycles. The van der Waals surface area contributed by atoms with E-state index in [9.17, 15) is 14.4 Å². The first-order valence-electron chi connectivity index (χ1n) is 29.0. The van der Waals surface area contributed by atoms with Gasteiger partial charge in [-0.2, -0.15) is 0 Å². The fourth-order valence-corrected chi connectivity index (χ4v) is 7.54. The van der Waals surface area contributed by atoms with Crippen LogP contribution in [0.5, 0.6) is 0 Å². The summed E-state index contributed by atoms with van der Waals surface area (Å²) in [5.41, 5.74) is 0. The van der Waals surface area contributed by atoms with Crippen molar-refractivity contribution in [2.75, 3.05) is 13.2 Å². The molecule has 6 heteroatoms. The molecule has 0 heterocycles. The van der Waals surface area contributed by atoms with Gasteiger partial charge in [0.05, 0.1) is 0 Å². The Morgan fingerprint density at radius 3 is 0.859 bits per heavy atom. The summed E-state index contributed by atoms with van der Waals surface area (Å²) >= 11 is 0. The average molecular weight is 984 g/mol. The van der Waals surface area contributed by atoms with Crippen molar-refractivity contribution in [3.63, 3.8) is 0 Å². The van der Waals surface area contributed by atoms with Crippen LogP contribution in [0.4, 0.5) is 0 Å². The molecule has 402 valence electrons. The molecule has 6 nitrogen and oxygen atoms in total. The minimum atomic E-state index is -0.801. The molecule has 0 N–H and O–H groups in total. The van der Waals surface area contributed by atoms with E-state index in [-0.39, 0.29) is 31.1 Å². The van der Waals surface area contributed by atoms with Gasteiger partial charge in [0, 0.05) is 19.3 Å². The van der Waals surface area contributed by atoms with E-state index in [0.717, 1.165) is 161 Å². The second-order valence-corrected chi connectivity index (χ2v) is 18.8. The number of rotatable bonds is 51. The third-order valence-corrected chi connectivity index (χ3v) is 11.9. The molecule has 0 aromatic carbocycles. The Morgan fingerprint density at radius 2 is 0.549 bits per heavy atom. The maximum absolute atomic E-state index is 12.8. The molecular weight excluding hydrogens is 877 g/mol. The van der Waals surface area contributed by atoms with Crippen molar-refractivity contribution in [1.29, 1.82) is 0 Å². The molecule has 0 spiro atoms. The minimum absolute atomic E-state index is 0.0986. The standard InChI is InChI=1S/C65H106O6/c1-4-7-10-13-16-19-22-25-28-29-30-31-32-33-34-35-36-37-38-41-43-46-49-52-55-58-64(67)70-61-62(71-65(68)59-56-53-50-47-44-40-27-24-21-18-15-12-9-6-3)60-69-63(66)57-54-51-48-45-42-39-26-23-20-17-14-11-8-5-2/h7,10,14-19,23-28,30-31,33-34,36-37,62H,4-6,8-9,11-13,20-22,29,32,35,38-61H2,1-3H3/b10-7-,17-14-,18-15-,19-16-,26-23-,27-24-,28-25-,31-30-,34-33-,37-36-. The fraction of sp³-hybridized carbons (Fsp3) is 0.646. The molecule has 0 saturated heterocycles. The Hall–Kier alpha value is -4.19. The van der Waals surface area contributed by atoms with Crippen molar-refractivity contribution in [2.45, 2.75) is 258 Å². The smallest absolute Gasteiger partial charge is 0.306 e. The Labute approximate surface area is 437 Å². The van der Waals surface area contributed by atoms with Gasteiger partial charge >= 0.3 is 17.9 Å². The second kappa shape index (κ2) is 58.4. The highest BCUT2D eigenvalue weighted by Gasteiger charge is 2.19. The Kier molecular flexibility index (Phi) is 54.9. The molecule has 1 unspecified atom stereocenters. The first kappa shape index (κ1) is 66.8. The van der Waals surface area contributed by atoms with Crippen molar-refractivity contribution in [3.05, 3.63) is 122 Å². The summed E-state index contributed by atoms with van der Waals surface area (Å²) in [5, 5.41) is 0. The van der Waals surface area contributed by atoms with Gasteiger partial charge in [0.1, 0.15) is 13.2 Å². The number of hydrogen-bond donors (Lipinski definition) is 0. The molecule has 0 fully saturated rings. The number of hydrogen-bond acceptors (Lipinski definition) is 6. The lowest BCUT2D eigenvalue weighted by atomic mass is 10.1. The summed E-state index contributed by atoms with van der Waals surface area (Å²) in [6.45, 7) is 6.40. The Morgan fingerprint density at radius 1 is 0.296 bits per heavy atom. The summed E-state index contributed by atoms with van der Waals surface area (Å²) in [4.78, 5) is 38.1. The Bertz CT molecular complexity index is 1500. The van der Waals surface area contributed by atoms with Crippen LogP contribution in [0.3, 0.4) is 0 Å². The Balaban J connectivity index is 4.40. The zero-order chi connectivity index (χ0) is 51.4. The number of carbonyl (C=O) groups is 3. The minimum Gasteiger partial charge on any atom is -0.462 e. The topological polar surface area (TPSA) is 78.9 Å². The van der Waals surface area contributed by atoms with Crippen molar-refractivity contribution in [3.8, 4) is 0 Å². The van der Waals surface area contributed by atoms with E-state index in [4.69, 9.17) is 14.2 Å². The maximum Gasteiger partial charge on any atom is 0.306 e. The van der Waals surface area contributed by atoms with Crippen LogP contribution < -0.4 is 0 Å². The molecule has 0 aliphatic heterocycles. The van der Waals surface area contributed by atoms with Gasteiger partial charge in [-0.25, -0.2) is 0 Å². The predicted molar refractivity (Wildman–Crippen MR) is 306 cm³/mol. The van der Waals surface area contributed by atoms with Crippen LogP contribution in [0.15, 0.2) is 122 Å². The third-order valence-electron chi connectivity index (χ3n) is 11.9. The largest absolute Gasteiger partial charge is 0.462 e. The summed E-state index contributed by atoms with van der Waals surface area (Å²) in [6, 6.07) is 0. The molecule has 0 radical (unpaired) electrons. The van der Waals surface area contributed by atoms with Crippen LogP contribution in [0, 0.1) is 0 Å². The van der Waals surface area contributed by atoms with Crippen LogP contribution >= 0.6 is 0 Å². The first-order valence-corrected chi connectivity index (χ1v) is 29.0. The van der Waals surface area contributed by atoms with E-state index in [1.165, 1.54) is 51.4 Å². The summed E-state index contributed by atoms with van der Waals surface area (Å²) in [7, 11) is 0. The molecule has 0 aliphatic rings. The summed E-state index contributed by atoms with van der Waals surface area (Å²) in [6.07, 6.45) is 80.4. The zero-order valence-corrected chi connectivity index (χ0v) is 45.9. The van der Waals surface area contributed by atoms with Crippen LogP contribution in [-0.4, -0.2) is 37.2 Å². The molecular formula is C65H106O6. The predicted octanol–water partition coefficient (Wildman–Crippen LogP) is 19.6. The van der Waals surface area contributed by atoms with E-state index in [2.05, 4.69) is 142 Å². The van der Waals surface area contributed by atoms with Gasteiger partial charge in [0.2, 0.25) is 0 Å². The third kappa shape index (κ3) is 56.6. The van der Waals surface area contributed by atoms with Crippen LogP contribution in [0.25, 0.3) is 0 Å². The van der Waals surface area contributed by atoms with E-state index >= 15 is 0 Å². The molecule has 0 rings (SSSR count). The van der Waals surface area contributed by atoms with Gasteiger partial charge in [-0.1, -0.05) is 232 Å². The van der Waals surface area contributed by atoms with Crippen LogP contribution in [0.1, 0.15) is 252 Å². The SMILES string of the molecule is CC/C=C\C/C=C\C/C=C\C/C=C\C/C=C\C/C=C\CCCCCCCCC(=O)OCC(COC(=O)CCCCCCC/C=C\C/C=C\CCCC)OC(=O)CCCCCCC/C=C\C/C=C\CCCC. The summed E-state index contributed by atoms with van der Waals surface area (Å²) in [5.74, 6) is -0.942. The quantitative estimate of drug-likeness (QED) is 0.0261. The van der Waals surface area contributed by atoms with Crippen LogP contribution in [-0.2, 0) is 28.6 Å². The fourth-order valence-electron chi connectivity index (χ4n) is 7.54. The molecule has 0 bridgehead atoms. The lowest BCUT2D eigenvalue weighted by molar-refractivity contribution is -0.167. The van der Waals surface area contributed by atoms with Crippen LogP contribution in [0.2, 0.25) is 0 Å². The van der Waals surface area contributed by atoms with Crippen molar-refractivity contribution >= 4 is 17.9 Å². The van der Waals surface area contributed by atoms with Gasteiger partial charge in [0.25, 0.3) is 0 Å². The van der Waals surface area contributed by atoms with Crippen molar-refractivity contribution < 1.29 is 28.6 Å². The molecule has 1 atom stereocenters. The average Bonchev–Trinajstić information content (AvgIpc) is 3.37. The highest BCUT2D eigenvalue weighted by Crippen LogP contribution is 2.14. The highest BCUT2D eigenvalue weighted by atomic mass is 16.6. The van der Waals surface area contributed by atoms with Gasteiger partial charge in [0.15, 0.2) is 6.10 Å². The van der Waals surface area contributed by atoms with Gasteiger partial charge < -0.3 is 14.2 Å². The first-order chi connectivity index (χ1) is 35.0. The molecule has 0 amide bonds. The van der Waals surface area contributed by atoms with E-state index in [1.807, 2.05) is 0 Å². The normalized spacial score (nSPS) is 13.0. The van der Waals surface area contributed by atoms with Crippen molar-refractivity contribution in [1.82, 2.24) is 0 Å². The molecule has 71 heavy (non-hydrogen) atoms. The lowest BCUT2D eigenvalue weighted by Crippen LogP contribution is -2.30. The number of allylic oxidation sites excluding steroid dienone is 20. The maximum atomic E-state index is 12.8. The van der Waals surface area contributed by atoms with E-state index < -0.39 is 6.10 Å². The molecule has 0 aromatic rings. The lowest BCUT2D eigenvalue weighted by Gasteiger charge is -2.18. The molecule has 0 aromatic heterocycles. The van der Waals surface area contributed by atoms with E-state index in [1.54, 1.807) is 0 Å². The van der Waals surface area contributed by atoms with E-state index in [0.29, 0.717) is 19.3 Å². The van der Waals surface area contributed by atoms with Crippen molar-refractivity contribution in [2.24, 2.45) is 0 Å². The highest BCUT2D eigenvalue weighted by molar-refractivity contribution is 5.71.